The molecule has 7 heteroatoms. The molecule has 1 aromatic carbocycles. The van der Waals surface area contributed by atoms with Crippen molar-refractivity contribution in [1.82, 2.24) is 10.5 Å². The number of ether oxygens (including phenoxy) is 1. The molecule has 118 valence electrons. The highest BCUT2D eigenvalue weighted by Gasteiger charge is 2.35. The van der Waals surface area contributed by atoms with Crippen molar-refractivity contribution >= 4 is 5.91 Å². The molecule has 1 amide bonds. The van der Waals surface area contributed by atoms with E-state index in [4.69, 9.17) is 9.26 Å². The molecule has 1 saturated heterocycles. The molecule has 0 bridgehead atoms. The highest BCUT2D eigenvalue weighted by atomic mass is 19.1. The third-order valence-corrected chi connectivity index (χ3v) is 3.78. The van der Waals surface area contributed by atoms with Crippen molar-refractivity contribution in [1.29, 1.82) is 5.26 Å². The van der Waals surface area contributed by atoms with E-state index in [1.165, 1.54) is 30.3 Å². The van der Waals surface area contributed by atoms with Gasteiger partial charge >= 0.3 is 0 Å². The van der Waals surface area contributed by atoms with Crippen LogP contribution in [0.25, 0.3) is 11.3 Å². The van der Waals surface area contributed by atoms with Gasteiger partial charge in [-0.15, -0.1) is 0 Å². The molecule has 0 radical (unpaired) electrons. The van der Waals surface area contributed by atoms with Crippen LogP contribution in [0, 0.1) is 17.1 Å². The molecule has 23 heavy (non-hydrogen) atoms. The number of hydrogen-bond donors (Lipinski definition) is 1. The van der Waals surface area contributed by atoms with Crippen LogP contribution in [0.2, 0.25) is 0 Å². The molecule has 3 rings (SSSR count). The predicted molar refractivity (Wildman–Crippen MR) is 77.8 cm³/mol. The van der Waals surface area contributed by atoms with Gasteiger partial charge in [-0.3, -0.25) is 4.79 Å². The summed E-state index contributed by atoms with van der Waals surface area (Å²) in [6, 6.07) is 9.28. The Morgan fingerprint density at radius 3 is 2.65 bits per heavy atom. The summed E-state index contributed by atoms with van der Waals surface area (Å²) < 4.78 is 23.3. The minimum Gasteiger partial charge on any atom is -0.381 e. The van der Waals surface area contributed by atoms with E-state index in [2.05, 4.69) is 16.5 Å². The Morgan fingerprint density at radius 1 is 1.30 bits per heavy atom. The van der Waals surface area contributed by atoms with E-state index in [1.807, 2.05) is 0 Å². The quantitative estimate of drug-likeness (QED) is 0.938. The maximum Gasteiger partial charge on any atom is 0.274 e. The number of nitrogens with zero attached hydrogens (tertiary/aromatic N) is 2. The zero-order valence-electron chi connectivity index (χ0n) is 12.2. The predicted octanol–water partition coefficient (Wildman–Crippen LogP) is 2.28. The van der Waals surface area contributed by atoms with Gasteiger partial charge in [0.05, 0.1) is 6.07 Å². The van der Waals surface area contributed by atoms with Crippen molar-refractivity contribution < 1.29 is 18.4 Å². The van der Waals surface area contributed by atoms with Gasteiger partial charge in [0.2, 0.25) is 0 Å². The Hall–Kier alpha value is -2.72. The minimum atomic E-state index is -0.940. The summed E-state index contributed by atoms with van der Waals surface area (Å²) in [6.45, 7) is 0.848. The molecular formula is C16H14FN3O3. The van der Waals surface area contributed by atoms with Crippen LogP contribution in [-0.2, 0) is 4.74 Å². The summed E-state index contributed by atoms with van der Waals surface area (Å²) in [4.78, 5) is 12.3. The van der Waals surface area contributed by atoms with E-state index in [9.17, 15) is 14.4 Å². The Kier molecular flexibility index (Phi) is 4.08. The largest absolute Gasteiger partial charge is 0.381 e. The molecule has 0 unspecified atom stereocenters. The fourth-order valence-electron chi connectivity index (χ4n) is 2.40. The molecule has 2 aromatic rings. The second-order valence-electron chi connectivity index (χ2n) is 5.34. The van der Waals surface area contributed by atoms with Gasteiger partial charge in [-0.25, -0.2) is 4.39 Å². The zero-order valence-corrected chi connectivity index (χ0v) is 12.2. The molecular weight excluding hydrogens is 301 g/mol. The van der Waals surface area contributed by atoms with Crippen molar-refractivity contribution in [2.24, 2.45) is 0 Å². The summed E-state index contributed by atoms with van der Waals surface area (Å²) in [5.41, 5.74) is -0.255. The van der Waals surface area contributed by atoms with Crippen molar-refractivity contribution in [3.05, 3.63) is 41.8 Å². The third kappa shape index (κ3) is 3.22. The summed E-state index contributed by atoms with van der Waals surface area (Å²) in [5.74, 6) is -0.486. The number of halogens is 1. The van der Waals surface area contributed by atoms with Gasteiger partial charge in [-0.2, -0.15) is 5.26 Å². The number of aromatic nitrogens is 1. The Bertz CT molecular complexity index is 743. The van der Waals surface area contributed by atoms with Crippen LogP contribution >= 0.6 is 0 Å². The maximum atomic E-state index is 12.9. The fraction of sp³-hybridized carbons (Fsp3) is 0.312. The molecule has 0 aliphatic carbocycles. The topological polar surface area (TPSA) is 88.2 Å². The molecule has 6 nitrogen and oxygen atoms in total. The molecule has 0 spiro atoms. The van der Waals surface area contributed by atoms with Gasteiger partial charge in [0.25, 0.3) is 5.91 Å². The van der Waals surface area contributed by atoms with Gasteiger partial charge in [-0.1, -0.05) is 5.16 Å². The van der Waals surface area contributed by atoms with Crippen LogP contribution in [-0.4, -0.2) is 29.8 Å². The van der Waals surface area contributed by atoms with Crippen LogP contribution in [0.3, 0.4) is 0 Å². The van der Waals surface area contributed by atoms with Crippen molar-refractivity contribution in [2.75, 3.05) is 13.2 Å². The van der Waals surface area contributed by atoms with Gasteiger partial charge in [-0.05, 0) is 24.3 Å². The lowest BCUT2D eigenvalue weighted by atomic mass is 9.91. The number of amides is 1. The van der Waals surface area contributed by atoms with Gasteiger partial charge in [0, 0.05) is 37.7 Å². The average Bonchev–Trinajstić information content (AvgIpc) is 3.06. The Balaban J connectivity index is 1.76. The molecule has 2 heterocycles. The first-order valence-corrected chi connectivity index (χ1v) is 7.16. The summed E-state index contributed by atoms with van der Waals surface area (Å²) in [6.07, 6.45) is 0.857. The number of rotatable bonds is 3. The van der Waals surface area contributed by atoms with Crippen LogP contribution in [0.5, 0.6) is 0 Å². The first-order valence-electron chi connectivity index (χ1n) is 7.16. The van der Waals surface area contributed by atoms with Crippen LogP contribution in [0.15, 0.2) is 34.9 Å². The van der Waals surface area contributed by atoms with E-state index in [0.717, 1.165) is 0 Å². The first-order chi connectivity index (χ1) is 11.1. The standard InChI is InChI=1S/C16H14FN3O3/c17-12-3-1-11(2-4-12)14-9-13(20-23-14)15(21)19-16(10-18)5-7-22-8-6-16/h1-4,9H,5-8H2,(H,19,21). The van der Waals surface area contributed by atoms with Crippen molar-refractivity contribution in [3.63, 3.8) is 0 Å². The second-order valence-corrected chi connectivity index (χ2v) is 5.34. The Labute approximate surface area is 131 Å². The number of hydrogen-bond acceptors (Lipinski definition) is 5. The monoisotopic (exact) mass is 315 g/mol. The number of carbonyl (C=O) groups is 1. The minimum absolute atomic E-state index is 0.0745. The summed E-state index contributed by atoms with van der Waals surface area (Å²) in [5, 5.41) is 15.8. The lowest BCUT2D eigenvalue weighted by molar-refractivity contribution is 0.0528. The normalized spacial score (nSPS) is 16.5. The van der Waals surface area contributed by atoms with Gasteiger partial charge in [0.15, 0.2) is 11.5 Å². The maximum absolute atomic E-state index is 12.9. The number of carbonyl (C=O) groups excluding carboxylic acids is 1. The van der Waals surface area contributed by atoms with E-state index < -0.39 is 11.4 Å². The molecule has 1 aliphatic heterocycles. The van der Waals surface area contributed by atoms with Crippen molar-refractivity contribution in [2.45, 2.75) is 18.4 Å². The third-order valence-electron chi connectivity index (χ3n) is 3.78. The fourth-order valence-corrected chi connectivity index (χ4v) is 2.40. The molecule has 1 aliphatic rings. The highest BCUT2D eigenvalue weighted by molar-refractivity contribution is 5.93. The van der Waals surface area contributed by atoms with Crippen molar-refractivity contribution in [3.8, 4) is 17.4 Å². The second kappa shape index (κ2) is 6.18. The molecule has 0 atom stereocenters. The zero-order chi connectivity index (χ0) is 16.3. The lowest BCUT2D eigenvalue weighted by Crippen LogP contribution is -2.51. The SMILES string of the molecule is N#CC1(NC(=O)c2cc(-c3ccc(F)cc3)on2)CCOCC1. The summed E-state index contributed by atoms with van der Waals surface area (Å²) in [7, 11) is 0. The Morgan fingerprint density at radius 2 is 2.00 bits per heavy atom. The average molecular weight is 315 g/mol. The van der Waals surface area contributed by atoms with Gasteiger partial charge in [0.1, 0.15) is 11.4 Å². The van der Waals surface area contributed by atoms with Crippen LogP contribution in [0.4, 0.5) is 4.39 Å². The van der Waals surface area contributed by atoms with Gasteiger partial charge < -0.3 is 14.6 Å². The summed E-state index contributed by atoms with van der Waals surface area (Å²) >= 11 is 0. The highest BCUT2D eigenvalue weighted by Crippen LogP contribution is 2.23. The van der Waals surface area contributed by atoms with E-state index in [0.29, 0.717) is 37.4 Å². The smallest absolute Gasteiger partial charge is 0.274 e. The van der Waals surface area contributed by atoms with E-state index >= 15 is 0 Å². The lowest BCUT2D eigenvalue weighted by Gasteiger charge is -2.31. The first kappa shape index (κ1) is 15.2. The molecule has 1 fully saturated rings. The van der Waals surface area contributed by atoms with Crippen LogP contribution in [0.1, 0.15) is 23.3 Å². The molecule has 1 aromatic heterocycles. The van der Waals surface area contributed by atoms with Crippen LogP contribution < -0.4 is 5.32 Å². The molecule has 1 N–H and O–H groups in total. The molecule has 0 saturated carbocycles. The number of nitrogens with one attached hydrogen (secondary N) is 1. The number of benzene rings is 1. The number of nitriles is 1. The van der Waals surface area contributed by atoms with E-state index in [1.54, 1.807) is 0 Å². The van der Waals surface area contributed by atoms with E-state index in [-0.39, 0.29) is 11.5 Å².